The molecule has 114 valence electrons. The fourth-order valence-electron chi connectivity index (χ4n) is 2.98. The zero-order chi connectivity index (χ0) is 15.1. The number of ether oxygens (including phenoxy) is 1. The Balaban J connectivity index is 2.16. The normalized spacial score (nSPS) is 18.3. The molecule has 1 aromatic carbocycles. The number of methoxy groups -OCH3 is 1. The van der Waals surface area contributed by atoms with Crippen molar-refractivity contribution in [2.75, 3.05) is 20.3 Å². The molecule has 0 radical (unpaired) electrons. The van der Waals surface area contributed by atoms with Crippen molar-refractivity contribution >= 4 is 0 Å². The van der Waals surface area contributed by atoms with E-state index in [2.05, 4.69) is 29.7 Å². The molecule has 1 saturated heterocycles. The molecule has 1 heterocycles. The third-order valence-electron chi connectivity index (χ3n) is 4.09. The van der Waals surface area contributed by atoms with E-state index in [1.807, 2.05) is 12.1 Å². The minimum absolute atomic E-state index is 0.113. The molecule has 0 bridgehead atoms. The molecular weight excluding hydrogens is 262 g/mol. The van der Waals surface area contributed by atoms with Gasteiger partial charge in [-0.3, -0.25) is 4.90 Å². The molecule has 3 nitrogen and oxygen atoms in total. The van der Waals surface area contributed by atoms with Gasteiger partial charge in [-0.1, -0.05) is 18.8 Å². The van der Waals surface area contributed by atoms with Crippen LogP contribution in [0.2, 0.25) is 0 Å². The van der Waals surface area contributed by atoms with Crippen LogP contribution in [-0.2, 0) is 6.54 Å². The molecule has 2 rings (SSSR count). The third-order valence-corrected chi connectivity index (χ3v) is 4.09. The zero-order valence-electron chi connectivity index (χ0n) is 13.1. The lowest BCUT2D eigenvalue weighted by Crippen LogP contribution is -2.28. The molecule has 0 saturated carbocycles. The highest BCUT2D eigenvalue weighted by atomic mass is 16.5. The summed E-state index contributed by atoms with van der Waals surface area (Å²) in [5.74, 6) is 7.01. The van der Waals surface area contributed by atoms with Crippen molar-refractivity contribution in [2.45, 2.75) is 45.2 Å². The van der Waals surface area contributed by atoms with Gasteiger partial charge in [0.2, 0.25) is 0 Å². The minimum atomic E-state index is 0.113. The van der Waals surface area contributed by atoms with Gasteiger partial charge in [0.1, 0.15) is 5.75 Å². The number of hydrogen-bond acceptors (Lipinski definition) is 3. The fraction of sp³-hybridized carbons (Fsp3) is 0.556. The van der Waals surface area contributed by atoms with Crippen LogP contribution in [-0.4, -0.2) is 36.3 Å². The van der Waals surface area contributed by atoms with E-state index < -0.39 is 0 Å². The second kappa shape index (κ2) is 8.07. The Morgan fingerprint density at radius 2 is 2.29 bits per heavy atom. The first-order chi connectivity index (χ1) is 10.3. The van der Waals surface area contributed by atoms with Crippen molar-refractivity contribution in [1.82, 2.24) is 4.90 Å². The molecule has 1 aliphatic heterocycles. The maximum atomic E-state index is 8.80. The summed E-state index contributed by atoms with van der Waals surface area (Å²) in [5, 5.41) is 8.80. The average Bonchev–Trinajstić information content (AvgIpc) is 2.95. The van der Waals surface area contributed by atoms with Gasteiger partial charge in [-0.2, -0.15) is 0 Å². The van der Waals surface area contributed by atoms with Gasteiger partial charge < -0.3 is 9.84 Å². The number of benzene rings is 1. The molecule has 3 heteroatoms. The summed E-state index contributed by atoms with van der Waals surface area (Å²) in [6.07, 6.45) is 4.31. The lowest BCUT2D eigenvalue weighted by molar-refractivity contribution is 0.236. The molecule has 1 N–H and O–H groups in total. The zero-order valence-corrected chi connectivity index (χ0v) is 13.1. The average molecular weight is 287 g/mol. The van der Waals surface area contributed by atoms with Crippen molar-refractivity contribution < 1.29 is 9.84 Å². The molecule has 1 fully saturated rings. The standard InChI is InChI=1S/C18H25NO2/c1-3-17-8-6-11-19(17)14-16-13-15(7-4-5-12-20)9-10-18(16)21-2/h9-10,13,17,20H,3,5-6,8,11-12,14H2,1-2H3. The first-order valence-corrected chi connectivity index (χ1v) is 7.79. The summed E-state index contributed by atoms with van der Waals surface area (Å²) in [6, 6.07) is 6.79. The maximum absolute atomic E-state index is 8.80. The number of likely N-dealkylation sites (tertiary alicyclic amines) is 1. The van der Waals surface area contributed by atoms with Crippen molar-refractivity contribution in [3.63, 3.8) is 0 Å². The molecule has 0 amide bonds. The minimum Gasteiger partial charge on any atom is -0.496 e. The van der Waals surface area contributed by atoms with Gasteiger partial charge >= 0.3 is 0 Å². The van der Waals surface area contributed by atoms with Crippen LogP contribution in [0.15, 0.2) is 18.2 Å². The number of rotatable bonds is 5. The topological polar surface area (TPSA) is 32.7 Å². The van der Waals surface area contributed by atoms with Crippen molar-refractivity contribution in [3.8, 4) is 17.6 Å². The van der Waals surface area contributed by atoms with Crippen LogP contribution in [0.25, 0.3) is 0 Å². The Bertz CT molecular complexity index is 516. The number of nitrogens with zero attached hydrogens (tertiary/aromatic N) is 1. The summed E-state index contributed by atoms with van der Waals surface area (Å²) in [7, 11) is 1.72. The van der Waals surface area contributed by atoms with Crippen LogP contribution in [0.3, 0.4) is 0 Å². The van der Waals surface area contributed by atoms with Crippen molar-refractivity contribution in [1.29, 1.82) is 0 Å². The number of hydrogen-bond donors (Lipinski definition) is 1. The Morgan fingerprint density at radius 3 is 3.00 bits per heavy atom. The summed E-state index contributed by atoms with van der Waals surface area (Å²) in [6.45, 7) is 4.47. The van der Waals surface area contributed by atoms with E-state index in [9.17, 15) is 0 Å². The molecule has 0 spiro atoms. The van der Waals surface area contributed by atoms with E-state index in [0.29, 0.717) is 12.5 Å². The second-order valence-corrected chi connectivity index (χ2v) is 5.48. The molecule has 1 unspecified atom stereocenters. The van der Waals surface area contributed by atoms with E-state index in [0.717, 1.165) is 17.9 Å². The lowest BCUT2D eigenvalue weighted by Gasteiger charge is -2.24. The fourth-order valence-corrected chi connectivity index (χ4v) is 2.98. The van der Waals surface area contributed by atoms with Gasteiger partial charge in [0.15, 0.2) is 0 Å². The van der Waals surface area contributed by atoms with Crippen LogP contribution in [0.4, 0.5) is 0 Å². The maximum Gasteiger partial charge on any atom is 0.123 e. The third kappa shape index (κ3) is 4.23. The van der Waals surface area contributed by atoms with Crippen LogP contribution < -0.4 is 4.74 Å². The van der Waals surface area contributed by atoms with E-state index >= 15 is 0 Å². The van der Waals surface area contributed by atoms with E-state index in [1.54, 1.807) is 7.11 Å². The van der Waals surface area contributed by atoms with Crippen molar-refractivity contribution in [3.05, 3.63) is 29.3 Å². The van der Waals surface area contributed by atoms with Crippen LogP contribution >= 0.6 is 0 Å². The van der Waals surface area contributed by atoms with Crippen molar-refractivity contribution in [2.24, 2.45) is 0 Å². The van der Waals surface area contributed by atoms with Gasteiger partial charge in [-0.05, 0) is 44.0 Å². The SMILES string of the molecule is CCC1CCCN1Cc1cc(C#CCCO)ccc1OC. The van der Waals surface area contributed by atoms with Gasteiger partial charge in [0.25, 0.3) is 0 Å². The molecule has 1 aliphatic rings. The van der Waals surface area contributed by atoms with Crippen LogP contribution in [0, 0.1) is 11.8 Å². The lowest BCUT2D eigenvalue weighted by atomic mass is 10.1. The molecule has 21 heavy (non-hydrogen) atoms. The molecule has 1 aromatic rings. The van der Waals surface area contributed by atoms with Gasteiger partial charge in [0.05, 0.1) is 13.7 Å². The highest BCUT2D eigenvalue weighted by Gasteiger charge is 2.23. The van der Waals surface area contributed by atoms with E-state index in [1.165, 1.54) is 31.4 Å². The summed E-state index contributed by atoms with van der Waals surface area (Å²) in [4.78, 5) is 2.54. The summed E-state index contributed by atoms with van der Waals surface area (Å²) < 4.78 is 5.49. The Morgan fingerprint density at radius 1 is 1.43 bits per heavy atom. The van der Waals surface area contributed by atoms with E-state index in [-0.39, 0.29) is 6.61 Å². The van der Waals surface area contributed by atoms with Crippen LogP contribution in [0.5, 0.6) is 5.75 Å². The highest BCUT2D eigenvalue weighted by Crippen LogP contribution is 2.27. The Kier molecular flexibility index (Phi) is 6.10. The number of aliphatic hydroxyl groups is 1. The van der Waals surface area contributed by atoms with Gasteiger partial charge in [-0.25, -0.2) is 0 Å². The van der Waals surface area contributed by atoms with Crippen LogP contribution in [0.1, 0.15) is 43.7 Å². The summed E-state index contributed by atoms with van der Waals surface area (Å²) >= 11 is 0. The Hall–Kier alpha value is -1.50. The smallest absolute Gasteiger partial charge is 0.123 e. The number of aliphatic hydroxyl groups excluding tert-OH is 1. The molecule has 0 aliphatic carbocycles. The monoisotopic (exact) mass is 287 g/mol. The first kappa shape index (κ1) is 15.9. The Labute approximate surface area is 127 Å². The van der Waals surface area contributed by atoms with E-state index in [4.69, 9.17) is 9.84 Å². The van der Waals surface area contributed by atoms with Gasteiger partial charge in [-0.15, -0.1) is 0 Å². The highest BCUT2D eigenvalue weighted by molar-refractivity contribution is 5.44. The van der Waals surface area contributed by atoms with Gasteiger partial charge in [0, 0.05) is 30.1 Å². The largest absolute Gasteiger partial charge is 0.496 e. The predicted molar refractivity (Wildman–Crippen MR) is 85.3 cm³/mol. The first-order valence-electron chi connectivity index (χ1n) is 7.79. The molecular formula is C18H25NO2. The summed E-state index contributed by atoms with van der Waals surface area (Å²) in [5.41, 5.74) is 2.19. The molecule has 0 aromatic heterocycles. The predicted octanol–water partition coefficient (Wildman–Crippen LogP) is 2.80. The second-order valence-electron chi connectivity index (χ2n) is 5.48. The quantitative estimate of drug-likeness (QED) is 0.845. The molecule has 1 atom stereocenters.